The molecule has 0 bridgehead atoms. The number of piperazine rings is 1. The zero-order valence-corrected chi connectivity index (χ0v) is 10.2. The summed E-state index contributed by atoms with van der Waals surface area (Å²) in [5, 5.41) is 6.16. The minimum Gasteiger partial charge on any atom is -0.378 e. The van der Waals surface area contributed by atoms with Crippen molar-refractivity contribution in [1.29, 1.82) is 0 Å². The number of carbonyl (C=O) groups excluding carboxylic acids is 2. The van der Waals surface area contributed by atoms with Crippen molar-refractivity contribution in [2.24, 2.45) is 0 Å². The summed E-state index contributed by atoms with van der Waals surface area (Å²) in [6.07, 6.45) is 0.796. The molecule has 1 fully saturated rings. The van der Waals surface area contributed by atoms with Crippen molar-refractivity contribution in [3.8, 4) is 0 Å². The molecule has 1 heterocycles. The van der Waals surface area contributed by atoms with Gasteiger partial charge in [0.2, 0.25) is 0 Å². The van der Waals surface area contributed by atoms with Gasteiger partial charge in [0, 0.05) is 37.4 Å². The maximum absolute atomic E-state index is 12.2. The van der Waals surface area contributed by atoms with Crippen LogP contribution in [-0.4, -0.2) is 49.8 Å². The minimum atomic E-state index is 0.0475. The highest BCUT2D eigenvalue weighted by Crippen LogP contribution is 2.12. The fourth-order valence-electron chi connectivity index (χ4n) is 1.97. The molecule has 1 aromatic rings. The van der Waals surface area contributed by atoms with Crippen LogP contribution in [0.15, 0.2) is 24.3 Å². The summed E-state index contributed by atoms with van der Waals surface area (Å²) in [7, 11) is 0. The average Bonchev–Trinajstić information content (AvgIpc) is 2.45. The average molecular weight is 247 g/mol. The van der Waals surface area contributed by atoms with Crippen LogP contribution in [0.25, 0.3) is 0 Å². The first-order valence-corrected chi connectivity index (χ1v) is 6.09. The van der Waals surface area contributed by atoms with E-state index in [1.54, 1.807) is 12.1 Å². The van der Waals surface area contributed by atoms with Crippen LogP contribution in [0.4, 0.5) is 5.69 Å². The Hall–Kier alpha value is -1.88. The van der Waals surface area contributed by atoms with Crippen molar-refractivity contribution >= 4 is 17.9 Å². The Kier molecular flexibility index (Phi) is 4.30. The topological polar surface area (TPSA) is 61.4 Å². The van der Waals surface area contributed by atoms with Crippen molar-refractivity contribution in [2.75, 3.05) is 38.0 Å². The maximum atomic E-state index is 12.2. The van der Waals surface area contributed by atoms with Gasteiger partial charge in [-0.15, -0.1) is 0 Å². The summed E-state index contributed by atoms with van der Waals surface area (Å²) in [6, 6.07) is 7.25. The molecule has 1 aromatic carbocycles. The van der Waals surface area contributed by atoms with Gasteiger partial charge in [0.1, 0.15) is 6.29 Å². The summed E-state index contributed by atoms with van der Waals surface area (Å²) in [4.78, 5) is 24.4. The number of aldehydes is 1. The van der Waals surface area contributed by atoms with E-state index in [9.17, 15) is 9.59 Å². The van der Waals surface area contributed by atoms with Gasteiger partial charge in [0.15, 0.2) is 0 Å². The van der Waals surface area contributed by atoms with Gasteiger partial charge in [0.25, 0.3) is 5.91 Å². The SMILES string of the molecule is O=CCNc1cccc(C(=O)N2CCNCC2)c1. The van der Waals surface area contributed by atoms with Crippen LogP contribution >= 0.6 is 0 Å². The lowest BCUT2D eigenvalue weighted by Crippen LogP contribution is -2.46. The molecule has 1 amide bonds. The molecule has 1 saturated heterocycles. The predicted molar refractivity (Wildman–Crippen MR) is 69.8 cm³/mol. The van der Waals surface area contributed by atoms with Gasteiger partial charge >= 0.3 is 0 Å². The lowest BCUT2D eigenvalue weighted by atomic mass is 10.1. The fourth-order valence-corrected chi connectivity index (χ4v) is 1.97. The summed E-state index contributed by atoms with van der Waals surface area (Å²) in [5.74, 6) is 0.0475. The number of amides is 1. The number of anilines is 1. The molecule has 0 saturated carbocycles. The predicted octanol–water partition coefficient (Wildman–Crippen LogP) is 0.343. The molecule has 0 unspecified atom stereocenters. The highest BCUT2D eigenvalue weighted by atomic mass is 16.2. The number of rotatable bonds is 4. The third kappa shape index (κ3) is 3.07. The molecule has 5 nitrogen and oxygen atoms in total. The smallest absolute Gasteiger partial charge is 0.254 e. The van der Waals surface area contributed by atoms with Crippen molar-refractivity contribution < 1.29 is 9.59 Å². The number of benzene rings is 1. The first-order valence-electron chi connectivity index (χ1n) is 6.09. The van der Waals surface area contributed by atoms with E-state index in [1.165, 1.54) is 0 Å². The standard InChI is InChI=1S/C13H17N3O2/c17-9-6-15-12-3-1-2-11(10-12)13(18)16-7-4-14-5-8-16/h1-3,9-10,14-15H,4-8H2. The Balaban J connectivity index is 2.06. The lowest BCUT2D eigenvalue weighted by molar-refractivity contribution is -0.106. The number of hydrogen-bond donors (Lipinski definition) is 2. The minimum absolute atomic E-state index is 0.0475. The zero-order chi connectivity index (χ0) is 12.8. The Morgan fingerprint density at radius 1 is 1.39 bits per heavy atom. The third-order valence-corrected chi connectivity index (χ3v) is 2.90. The monoisotopic (exact) mass is 247 g/mol. The summed E-state index contributed by atoms with van der Waals surface area (Å²) in [6.45, 7) is 3.42. The van der Waals surface area contributed by atoms with E-state index in [0.29, 0.717) is 5.56 Å². The second kappa shape index (κ2) is 6.16. The van der Waals surface area contributed by atoms with E-state index in [1.807, 2.05) is 17.0 Å². The second-order valence-electron chi connectivity index (χ2n) is 4.17. The Morgan fingerprint density at radius 3 is 2.89 bits per heavy atom. The molecular formula is C13H17N3O2. The second-order valence-corrected chi connectivity index (χ2v) is 4.17. The van der Waals surface area contributed by atoms with Crippen LogP contribution in [0, 0.1) is 0 Å². The summed E-state index contributed by atoms with van der Waals surface area (Å²) < 4.78 is 0. The third-order valence-electron chi connectivity index (χ3n) is 2.90. The first-order chi connectivity index (χ1) is 8.81. The number of hydrogen-bond acceptors (Lipinski definition) is 4. The molecular weight excluding hydrogens is 230 g/mol. The number of carbonyl (C=O) groups is 2. The highest BCUT2D eigenvalue weighted by Gasteiger charge is 2.17. The van der Waals surface area contributed by atoms with Crippen LogP contribution in [-0.2, 0) is 4.79 Å². The molecule has 0 radical (unpaired) electrons. The molecule has 0 aliphatic carbocycles. The quantitative estimate of drug-likeness (QED) is 0.753. The number of nitrogens with one attached hydrogen (secondary N) is 2. The van der Waals surface area contributed by atoms with Crippen molar-refractivity contribution in [1.82, 2.24) is 10.2 Å². The molecule has 0 atom stereocenters. The van der Waals surface area contributed by atoms with Gasteiger partial charge in [-0.25, -0.2) is 0 Å². The highest BCUT2D eigenvalue weighted by molar-refractivity contribution is 5.95. The van der Waals surface area contributed by atoms with Crippen molar-refractivity contribution in [3.63, 3.8) is 0 Å². The van der Waals surface area contributed by atoms with E-state index in [-0.39, 0.29) is 12.5 Å². The largest absolute Gasteiger partial charge is 0.378 e. The van der Waals surface area contributed by atoms with Gasteiger partial charge in [-0.3, -0.25) is 4.79 Å². The van der Waals surface area contributed by atoms with Gasteiger partial charge < -0.3 is 20.3 Å². The lowest BCUT2D eigenvalue weighted by Gasteiger charge is -2.27. The molecule has 96 valence electrons. The van der Waals surface area contributed by atoms with E-state index in [0.717, 1.165) is 38.2 Å². The van der Waals surface area contributed by atoms with Gasteiger partial charge in [0.05, 0.1) is 6.54 Å². The van der Waals surface area contributed by atoms with Crippen LogP contribution in [0.2, 0.25) is 0 Å². The van der Waals surface area contributed by atoms with Crippen molar-refractivity contribution in [2.45, 2.75) is 0 Å². The maximum Gasteiger partial charge on any atom is 0.254 e. The van der Waals surface area contributed by atoms with Gasteiger partial charge in [-0.1, -0.05) is 6.07 Å². The number of nitrogens with zero attached hydrogens (tertiary/aromatic N) is 1. The summed E-state index contributed by atoms with van der Waals surface area (Å²) in [5.41, 5.74) is 1.45. The molecule has 0 aromatic heterocycles. The van der Waals surface area contributed by atoms with Crippen LogP contribution in [0.1, 0.15) is 10.4 Å². The molecule has 2 rings (SSSR count). The molecule has 2 N–H and O–H groups in total. The first kappa shape index (κ1) is 12.6. The normalized spacial score (nSPS) is 15.2. The Labute approximate surface area is 106 Å². The molecule has 18 heavy (non-hydrogen) atoms. The van der Waals surface area contributed by atoms with Crippen molar-refractivity contribution in [3.05, 3.63) is 29.8 Å². The molecule has 1 aliphatic rings. The van der Waals surface area contributed by atoms with Crippen LogP contribution < -0.4 is 10.6 Å². The molecule has 5 heteroatoms. The van der Waals surface area contributed by atoms with E-state index in [4.69, 9.17) is 0 Å². The van der Waals surface area contributed by atoms with E-state index < -0.39 is 0 Å². The Morgan fingerprint density at radius 2 is 2.17 bits per heavy atom. The zero-order valence-electron chi connectivity index (χ0n) is 10.2. The fraction of sp³-hybridized carbons (Fsp3) is 0.385. The van der Waals surface area contributed by atoms with E-state index in [2.05, 4.69) is 10.6 Å². The van der Waals surface area contributed by atoms with Gasteiger partial charge in [-0.05, 0) is 18.2 Å². The van der Waals surface area contributed by atoms with Crippen LogP contribution in [0.5, 0.6) is 0 Å². The van der Waals surface area contributed by atoms with E-state index >= 15 is 0 Å². The molecule has 0 spiro atoms. The van der Waals surface area contributed by atoms with Crippen LogP contribution in [0.3, 0.4) is 0 Å². The molecule has 1 aliphatic heterocycles. The summed E-state index contributed by atoms with van der Waals surface area (Å²) >= 11 is 0. The Bertz CT molecular complexity index is 428. The van der Waals surface area contributed by atoms with Gasteiger partial charge in [-0.2, -0.15) is 0 Å².